The summed E-state index contributed by atoms with van der Waals surface area (Å²) in [6, 6.07) is 0. The van der Waals surface area contributed by atoms with E-state index in [9.17, 15) is 8.42 Å². The Labute approximate surface area is 84.4 Å². The second-order valence-corrected chi connectivity index (χ2v) is 5.88. The number of hydrogen-bond donors (Lipinski definition) is 1. The SMILES string of the molecule is CC1(C)C2CC=C(OS(N)(=O)=O)C1C2. The molecule has 0 heterocycles. The minimum Gasteiger partial charge on any atom is -0.376 e. The van der Waals surface area contributed by atoms with Crippen LogP contribution in [0.1, 0.15) is 26.7 Å². The summed E-state index contributed by atoms with van der Waals surface area (Å²) >= 11 is 0. The third kappa shape index (κ3) is 1.44. The van der Waals surface area contributed by atoms with E-state index >= 15 is 0 Å². The van der Waals surface area contributed by atoms with Crippen molar-refractivity contribution in [3.05, 3.63) is 11.8 Å². The molecule has 0 spiro atoms. The van der Waals surface area contributed by atoms with Crippen LogP contribution < -0.4 is 5.14 Å². The summed E-state index contributed by atoms with van der Waals surface area (Å²) in [5.74, 6) is 1.43. The Balaban J connectivity index is 2.19. The van der Waals surface area contributed by atoms with Gasteiger partial charge in [-0.25, -0.2) is 0 Å². The number of allylic oxidation sites excluding steroid dienone is 2. The van der Waals surface area contributed by atoms with Gasteiger partial charge in [0.15, 0.2) is 0 Å². The van der Waals surface area contributed by atoms with Crippen molar-refractivity contribution < 1.29 is 12.6 Å². The van der Waals surface area contributed by atoms with Gasteiger partial charge < -0.3 is 4.18 Å². The Morgan fingerprint density at radius 1 is 1.57 bits per heavy atom. The van der Waals surface area contributed by atoms with Crippen LogP contribution in [0.25, 0.3) is 0 Å². The molecule has 1 saturated carbocycles. The zero-order valence-electron chi connectivity index (χ0n) is 8.36. The first-order valence-corrected chi connectivity index (χ1v) is 6.20. The monoisotopic (exact) mass is 217 g/mol. The normalized spacial score (nSPS) is 34.4. The quantitative estimate of drug-likeness (QED) is 0.754. The summed E-state index contributed by atoms with van der Waals surface area (Å²) in [6.07, 6.45) is 3.78. The highest BCUT2D eigenvalue weighted by Crippen LogP contribution is 2.59. The topological polar surface area (TPSA) is 69.4 Å². The molecule has 2 atom stereocenters. The number of fused-ring (bicyclic) bond motifs is 1. The molecular weight excluding hydrogens is 202 g/mol. The number of nitrogens with two attached hydrogens (primary N) is 1. The standard InChI is InChI=1S/C9H15NO3S/c1-9(2)6-3-4-8(7(9)5-6)13-14(10,11)12/h4,6-7H,3,5H2,1-2H3,(H2,10,11,12). The van der Waals surface area contributed by atoms with Crippen molar-refractivity contribution in [3.63, 3.8) is 0 Å². The minimum atomic E-state index is -3.85. The average Bonchev–Trinajstić information content (AvgIpc) is 2.00. The van der Waals surface area contributed by atoms with Gasteiger partial charge >= 0.3 is 10.3 Å². The van der Waals surface area contributed by atoms with Gasteiger partial charge in [-0.3, -0.25) is 0 Å². The zero-order valence-corrected chi connectivity index (χ0v) is 9.17. The van der Waals surface area contributed by atoms with Crippen molar-refractivity contribution in [1.29, 1.82) is 0 Å². The molecule has 2 N–H and O–H groups in total. The lowest BCUT2D eigenvalue weighted by Crippen LogP contribution is -2.48. The summed E-state index contributed by atoms with van der Waals surface area (Å²) in [4.78, 5) is 0. The fourth-order valence-electron chi connectivity index (χ4n) is 2.53. The van der Waals surface area contributed by atoms with Crippen LogP contribution >= 0.6 is 0 Å². The van der Waals surface area contributed by atoms with Crippen LogP contribution in [-0.2, 0) is 14.5 Å². The minimum absolute atomic E-state index is 0.161. The Morgan fingerprint density at radius 3 is 2.64 bits per heavy atom. The van der Waals surface area contributed by atoms with Crippen LogP contribution in [0.2, 0.25) is 0 Å². The summed E-state index contributed by atoms with van der Waals surface area (Å²) in [7, 11) is -3.85. The van der Waals surface area contributed by atoms with Crippen LogP contribution in [-0.4, -0.2) is 8.42 Å². The summed E-state index contributed by atoms with van der Waals surface area (Å²) in [5, 5.41) is 4.84. The first-order chi connectivity index (χ1) is 6.31. The highest BCUT2D eigenvalue weighted by atomic mass is 32.2. The molecule has 0 aliphatic heterocycles. The first kappa shape index (κ1) is 9.98. The third-order valence-electron chi connectivity index (χ3n) is 3.63. The van der Waals surface area contributed by atoms with Gasteiger partial charge in [0, 0.05) is 5.92 Å². The van der Waals surface area contributed by atoms with E-state index in [-0.39, 0.29) is 11.3 Å². The predicted octanol–water partition coefficient (Wildman–Crippen LogP) is 1.16. The highest BCUT2D eigenvalue weighted by molar-refractivity contribution is 7.84. The van der Waals surface area contributed by atoms with E-state index in [0.717, 1.165) is 12.8 Å². The molecule has 0 amide bonds. The van der Waals surface area contributed by atoms with Gasteiger partial charge in [0.05, 0.1) is 0 Å². The van der Waals surface area contributed by atoms with Gasteiger partial charge in [0.25, 0.3) is 0 Å². The van der Waals surface area contributed by atoms with Gasteiger partial charge in [0.1, 0.15) is 5.76 Å². The van der Waals surface area contributed by atoms with Crippen molar-refractivity contribution in [2.75, 3.05) is 0 Å². The lowest BCUT2D eigenvalue weighted by molar-refractivity contribution is -0.0281. The highest BCUT2D eigenvalue weighted by Gasteiger charge is 2.52. The van der Waals surface area contributed by atoms with E-state index in [1.165, 1.54) is 0 Å². The molecule has 0 aromatic heterocycles. The molecule has 0 aromatic rings. The Hall–Kier alpha value is -0.550. The maximum Gasteiger partial charge on any atom is 0.379 e. The molecule has 14 heavy (non-hydrogen) atoms. The van der Waals surface area contributed by atoms with Gasteiger partial charge in [-0.2, -0.15) is 13.6 Å². The van der Waals surface area contributed by atoms with E-state index < -0.39 is 10.3 Å². The van der Waals surface area contributed by atoms with Crippen LogP contribution in [0, 0.1) is 17.3 Å². The Kier molecular flexibility index (Phi) is 1.95. The molecule has 5 heteroatoms. The van der Waals surface area contributed by atoms with Gasteiger partial charge in [-0.05, 0) is 30.3 Å². The molecule has 80 valence electrons. The molecule has 3 aliphatic rings. The number of hydrogen-bond acceptors (Lipinski definition) is 3. The van der Waals surface area contributed by atoms with Crippen LogP contribution in [0.3, 0.4) is 0 Å². The molecule has 2 unspecified atom stereocenters. The summed E-state index contributed by atoms with van der Waals surface area (Å²) in [5.41, 5.74) is 0.161. The third-order valence-corrected chi connectivity index (χ3v) is 4.05. The van der Waals surface area contributed by atoms with Crippen molar-refractivity contribution in [3.8, 4) is 0 Å². The van der Waals surface area contributed by atoms with Crippen molar-refractivity contribution >= 4 is 10.3 Å². The van der Waals surface area contributed by atoms with Crippen molar-refractivity contribution in [2.45, 2.75) is 26.7 Å². The Bertz CT molecular complexity index is 383. The molecule has 0 saturated heterocycles. The zero-order chi connectivity index (χ0) is 10.6. The Morgan fingerprint density at radius 2 is 2.21 bits per heavy atom. The average molecular weight is 217 g/mol. The van der Waals surface area contributed by atoms with Gasteiger partial charge in [-0.15, -0.1) is 0 Å². The fourth-order valence-corrected chi connectivity index (χ4v) is 2.98. The van der Waals surface area contributed by atoms with Crippen LogP contribution in [0.5, 0.6) is 0 Å². The second-order valence-electron chi connectivity index (χ2n) is 4.72. The summed E-state index contributed by atoms with van der Waals surface area (Å²) < 4.78 is 26.4. The van der Waals surface area contributed by atoms with E-state index in [2.05, 4.69) is 13.8 Å². The second kappa shape index (κ2) is 2.73. The van der Waals surface area contributed by atoms with E-state index in [4.69, 9.17) is 9.32 Å². The molecule has 0 radical (unpaired) electrons. The largest absolute Gasteiger partial charge is 0.379 e. The molecular formula is C9H15NO3S. The molecule has 3 rings (SSSR count). The summed E-state index contributed by atoms with van der Waals surface area (Å²) in [6.45, 7) is 4.29. The molecule has 1 fully saturated rings. The predicted molar refractivity (Wildman–Crippen MR) is 52.3 cm³/mol. The first-order valence-electron chi connectivity index (χ1n) is 4.73. The van der Waals surface area contributed by atoms with Crippen LogP contribution in [0.4, 0.5) is 0 Å². The lowest BCUT2D eigenvalue weighted by atomic mass is 9.50. The van der Waals surface area contributed by atoms with Crippen molar-refractivity contribution in [2.24, 2.45) is 22.4 Å². The van der Waals surface area contributed by atoms with Gasteiger partial charge in [0.2, 0.25) is 0 Å². The number of rotatable bonds is 2. The lowest BCUT2D eigenvalue weighted by Gasteiger charge is -2.55. The fraction of sp³-hybridized carbons (Fsp3) is 0.778. The van der Waals surface area contributed by atoms with E-state index in [1.54, 1.807) is 0 Å². The maximum atomic E-state index is 10.8. The van der Waals surface area contributed by atoms with Gasteiger partial charge in [-0.1, -0.05) is 13.8 Å². The van der Waals surface area contributed by atoms with E-state index in [1.807, 2.05) is 6.08 Å². The maximum absolute atomic E-state index is 10.8. The van der Waals surface area contributed by atoms with Crippen molar-refractivity contribution in [1.82, 2.24) is 0 Å². The van der Waals surface area contributed by atoms with E-state index in [0.29, 0.717) is 11.7 Å². The molecule has 3 aliphatic carbocycles. The smallest absolute Gasteiger partial charge is 0.376 e. The van der Waals surface area contributed by atoms with Crippen LogP contribution in [0.15, 0.2) is 11.8 Å². The molecule has 2 bridgehead atoms. The molecule has 4 nitrogen and oxygen atoms in total. The molecule has 0 aromatic carbocycles.